The highest BCUT2D eigenvalue weighted by molar-refractivity contribution is 6.31. The Morgan fingerprint density at radius 2 is 2.11 bits per heavy atom. The van der Waals surface area contributed by atoms with Gasteiger partial charge in [-0.1, -0.05) is 17.7 Å². The Morgan fingerprint density at radius 3 is 2.61 bits per heavy atom. The molecule has 0 bridgehead atoms. The number of amidine groups is 1. The summed E-state index contributed by atoms with van der Waals surface area (Å²) in [5.74, 6) is -0.654. The number of nitrogens with zero attached hydrogens (tertiary/aromatic N) is 1. The van der Waals surface area contributed by atoms with Gasteiger partial charge >= 0.3 is 0 Å². The Balaban J connectivity index is 0.00000289. The van der Waals surface area contributed by atoms with Crippen molar-refractivity contribution >= 4 is 41.3 Å². The average Bonchev–Trinajstić information content (AvgIpc) is 2.19. The Kier molecular flexibility index (Phi) is 6.29. The molecule has 0 aromatic heterocycles. The minimum atomic E-state index is -0.595. The van der Waals surface area contributed by atoms with E-state index in [1.165, 1.54) is 18.2 Å². The van der Waals surface area contributed by atoms with Gasteiger partial charge in [0.25, 0.3) is 5.69 Å². The smallest absolute Gasteiger partial charge is 0.274 e. The molecule has 98 valence electrons. The molecule has 0 aliphatic rings. The summed E-state index contributed by atoms with van der Waals surface area (Å²) >= 11 is 5.81. The van der Waals surface area contributed by atoms with Crippen LogP contribution in [0.25, 0.3) is 0 Å². The van der Waals surface area contributed by atoms with Crippen LogP contribution < -0.4 is 5.73 Å². The van der Waals surface area contributed by atoms with Crippen molar-refractivity contribution in [2.75, 3.05) is 0 Å². The summed E-state index contributed by atoms with van der Waals surface area (Å²) in [7, 11) is 0. The summed E-state index contributed by atoms with van der Waals surface area (Å²) in [6, 6.07) is 4.20. The predicted octanol–water partition coefficient (Wildman–Crippen LogP) is 2.11. The van der Waals surface area contributed by atoms with Crippen LogP contribution in [0.15, 0.2) is 18.2 Å². The number of carbonyl (C=O) groups excluding carboxylic acids is 1. The highest BCUT2D eigenvalue weighted by Gasteiger charge is 2.19. The van der Waals surface area contributed by atoms with Crippen molar-refractivity contribution in [3.8, 4) is 0 Å². The van der Waals surface area contributed by atoms with Gasteiger partial charge < -0.3 is 5.73 Å². The first-order valence-electron chi connectivity index (χ1n) is 4.68. The first-order valence-corrected chi connectivity index (χ1v) is 5.06. The van der Waals surface area contributed by atoms with E-state index in [1.54, 1.807) is 0 Å². The van der Waals surface area contributed by atoms with Gasteiger partial charge in [0.15, 0.2) is 0 Å². The number of nitro benzene ring substituents is 1. The zero-order valence-corrected chi connectivity index (χ0v) is 10.8. The molecule has 0 radical (unpaired) electrons. The van der Waals surface area contributed by atoms with Crippen LogP contribution in [0.1, 0.15) is 12.0 Å². The molecule has 1 aromatic carbocycles. The molecule has 0 aliphatic carbocycles. The highest BCUT2D eigenvalue weighted by atomic mass is 35.5. The van der Waals surface area contributed by atoms with Gasteiger partial charge in [0.05, 0.1) is 27.8 Å². The van der Waals surface area contributed by atoms with Gasteiger partial charge in [-0.15, -0.1) is 12.4 Å². The van der Waals surface area contributed by atoms with E-state index in [4.69, 9.17) is 22.7 Å². The topological polar surface area (TPSA) is 110 Å². The zero-order valence-electron chi connectivity index (χ0n) is 9.18. The molecule has 0 unspecified atom stereocenters. The van der Waals surface area contributed by atoms with Crippen molar-refractivity contribution in [2.24, 2.45) is 5.73 Å². The Labute approximate surface area is 114 Å². The molecular weight excluding hydrogens is 281 g/mol. The minimum absolute atomic E-state index is 0. The van der Waals surface area contributed by atoms with Crippen molar-refractivity contribution in [1.29, 1.82) is 5.41 Å². The van der Waals surface area contributed by atoms with Gasteiger partial charge in [-0.3, -0.25) is 20.3 Å². The summed E-state index contributed by atoms with van der Waals surface area (Å²) in [5, 5.41) is 17.9. The van der Waals surface area contributed by atoms with Gasteiger partial charge in [0, 0.05) is 12.5 Å². The Bertz CT molecular complexity index is 491. The molecule has 8 heteroatoms. The van der Waals surface area contributed by atoms with E-state index in [2.05, 4.69) is 0 Å². The fraction of sp³-hybridized carbons (Fsp3) is 0.200. The molecule has 1 aromatic rings. The van der Waals surface area contributed by atoms with Crippen LogP contribution in [0.5, 0.6) is 0 Å². The van der Waals surface area contributed by atoms with E-state index < -0.39 is 4.92 Å². The molecule has 0 atom stereocenters. The number of Topliss-reactive ketones (excluding diaryl/α,β-unsaturated/α-hetero) is 1. The Morgan fingerprint density at radius 1 is 1.50 bits per heavy atom. The lowest BCUT2D eigenvalue weighted by atomic mass is 10.0. The molecule has 1 rings (SSSR count). The van der Waals surface area contributed by atoms with Gasteiger partial charge in [0.1, 0.15) is 5.78 Å². The molecule has 6 nitrogen and oxygen atoms in total. The summed E-state index contributed by atoms with van der Waals surface area (Å²) in [6.45, 7) is 0. The normalized spacial score (nSPS) is 9.39. The zero-order chi connectivity index (χ0) is 13.0. The fourth-order valence-corrected chi connectivity index (χ4v) is 1.60. The number of nitrogens with two attached hydrogens (primary N) is 1. The number of rotatable bonds is 5. The van der Waals surface area contributed by atoms with Crippen LogP contribution in [0.2, 0.25) is 5.02 Å². The molecule has 0 fully saturated rings. The Hall–Kier alpha value is -1.66. The maximum Gasteiger partial charge on any atom is 0.274 e. The van der Waals surface area contributed by atoms with E-state index in [0.717, 1.165) is 0 Å². The van der Waals surface area contributed by atoms with Gasteiger partial charge in [-0.25, -0.2) is 0 Å². The van der Waals surface area contributed by atoms with Crippen molar-refractivity contribution < 1.29 is 9.72 Å². The van der Waals surface area contributed by atoms with Crippen molar-refractivity contribution in [1.82, 2.24) is 0 Å². The second kappa shape index (κ2) is 6.93. The second-order valence-corrected chi connectivity index (χ2v) is 3.82. The van der Waals surface area contributed by atoms with Crippen LogP contribution >= 0.6 is 24.0 Å². The van der Waals surface area contributed by atoms with Crippen molar-refractivity contribution in [3.63, 3.8) is 0 Å². The van der Waals surface area contributed by atoms with Crippen molar-refractivity contribution in [2.45, 2.75) is 12.8 Å². The number of halogens is 2. The van der Waals surface area contributed by atoms with Crippen molar-refractivity contribution in [3.05, 3.63) is 38.9 Å². The van der Waals surface area contributed by atoms with Gasteiger partial charge in [0.2, 0.25) is 0 Å². The molecule has 18 heavy (non-hydrogen) atoms. The molecule has 0 saturated heterocycles. The van der Waals surface area contributed by atoms with E-state index in [1.807, 2.05) is 0 Å². The van der Waals surface area contributed by atoms with Crippen LogP contribution in [0.4, 0.5) is 5.69 Å². The van der Waals surface area contributed by atoms with Crippen LogP contribution in [0.3, 0.4) is 0 Å². The number of carbonyl (C=O) groups is 1. The number of benzene rings is 1. The third-order valence-corrected chi connectivity index (χ3v) is 2.41. The first kappa shape index (κ1) is 16.3. The number of nitrogens with one attached hydrogen (secondary N) is 1. The summed E-state index contributed by atoms with van der Waals surface area (Å²) in [5.41, 5.74) is 5.04. The number of ketones is 1. The van der Waals surface area contributed by atoms with E-state index >= 15 is 0 Å². The average molecular weight is 292 g/mol. The summed E-state index contributed by atoms with van der Waals surface area (Å²) in [4.78, 5) is 21.6. The molecule has 0 heterocycles. The molecule has 3 N–H and O–H groups in total. The molecular formula is C10H11Cl2N3O3. The molecule has 0 saturated carbocycles. The fourth-order valence-electron chi connectivity index (χ4n) is 1.37. The van der Waals surface area contributed by atoms with E-state index in [0.29, 0.717) is 0 Å². The quantitative estimate of drug-likeness (QED) is 0.374. The first-order chi connectivity index (χ1) is 7.91. The lowest BCUT2D eigenvalue weighted by Gasteiger charge is -2.04. The number of hydrogen-bond acceptors (Lipinski definition) is 4. The van der Waals surface area contributed by atoms with Crippen LogP contribution in [-0.2, 0) is 11.2 Å². The minimum Gasteiger partial charge on any atom is -0.387 e. The third-order valence-electron chi connectivity index (χ3n) is 2.05. The number of nitro groups is 1. The lowest BCUT2D eigenvalue weighted by molar-refractivity contribution is -0.385. The van der Waals surface area contributed by atoms with E-state index in [-0.39, 0.29) is 53.1 Å². The standard InChI is InChI=1S/C10H10ClN3O3.ClH/c11-8-2-1-3-9(14(16)17)7(8)4-6(15)5-10(12)13;/h1-3H,4-5H2,(H3,12,13);1H. The maximum atomic E-state index is 11.4. The maximum absolute atomic E-state index is 11.4. The SMILES string of the molecule is Cl.N=C(N)CC(=O)Cc1c(Cl)cccc1[N+](=O)[O-]. The van der Waals surface area contributed by atoms with Crippen LogP contribution in [0, 0.1) is 15.5 Å². The summed E-state index contributed by atoms with van der Waals surface area (Å²) in [6.07, 6.45) is -0.433. The van der Waals surface area contributed by atoms with Crippen LogP contribution in [-0.4, -0.2) is 16.5 Å². The lowest BCUT2D eigenvalue weighted by Crippen LogP contribution is -2.17. The monoisotopic (exact) mass is 291 g/mol. The molecule has 0 spiro atoms. The summed E-state index contributed by atoms with van der Waals surface area (Å²) < 4.78 is 0. The van der Waals surface area contributed by atoms with Gasteiger partial charge in [-0.2, -0.15) is 0 Å². The number of hydrogen-bond donors (Lipinski definition) is 2. The molecule has 0 amide bonds. The molecule has 0 aliphatic heterocycles. The predicted molar refractivity (Wildman–Crippen MR) is 70.6 cm³/mol. The van der Waals surface area contributed by atoms with E-state index in [9.17, 15) is 14.9 Å². The van der Waals surface area contributed by atoms with Gasteiger partial charge in [-0.05, 0) is 6.07 Å². The third kappa shape index (κ3) is 4.31. The largest absolute Gasteiger partial charge is 0.387 e. The second-order valence-electron chi connectivity index (χ2n) is 3.41. The highest BCUT2D eigenvalue weighted by Crippen LogP contribution is 2.26.